The van der Waals surface area contributed by atoms with E-state index in [-0.39, 0.29) is 17.1 Å². The molecule has 156 valence electrons. The molecule has 0 saturated carbocycles. The monoisotopic (exact) mass is 409 g/mol. The van der Waals surface area contributed by atoms with Gasteiger partial charge in [0.05, 0.1) is 38.3 Å². The van der Waals surface area contributed by atoms with Crippen LogP contribution >= 0.6 is 0 Å². The molecule has 0 N–H and O–H groups in total. The van der Waals surface area contributed by atoms with Gasteiger partial charge in [0.2, 0.25) is 11.5 Å². The maximum Gasteiger partial charge on any atom is 0.290 e. The van der Waals surface area contributed by atoms with Gasteiger partial charge in [-0.25, -0.2) is 0 Å². The number of fused-ring (bicyclic) bond motifs is 2. The molecule has 4 rings (SSSR count). The summed E-state index contributed by atoms with van der Waals surface area (Å²) in [4.78, 5) is 28.3. The predicted octanol–water partition coefficient (Wildman–Crippen LogP) is 3.77. The van der Waals surface area contributed by atoms with Crippen molar-refractivity contribution >= 4 is 16.9 Å². The van der Waals surface area contributed by atoms with Gasteiger partial charge in [-0.15, -0.1) is 0 Å². The van der Waals surface area contributed by atoms with Crippen LogP contribution in [0.2, 0.25) is 0 Å². The molecule has 0 spiro atoms. The second-order valence-electron chi connectivity index (χ2n) is 7.03. The Labute approximate surface area is 173 Å². The van der Waals surface area contributed by atoms with E-state index in [1.165, 1.54) is 21.3 Å². The second kappa shape index (κ2) is 7.74. The van der Waals surface area contributed by atoms with E-state index in [1.807, 2.05) is 6.92 Å². The number of para-hydroxylation sites is 1. The highest BCUT2D eigenvalue weighted by Gasteiger charge is 2.42. The van der Waals surface area contributed by atoms with Crippen LogP contribution in [0.5, 0.6) is 17.2 Å². The van der Waals surface area contributed by atoms with Crippen molar-refractivity contribution in [3.63, 3.8) is 0 Å². The molecule has 3 aromatic rings. The summed E-state index contributed by atoms with van der Waals surface area (Å²) in [5, 5.41) is 0.444. The van der Waals surface area contributed by atoms with E-state index in [1.54, 1.807) is 41.3 Å². The Morgan fingerprint density at radius 3 is 2.27 bits per heavy atom. The lowest BCUT2D eigenvalue weighted by Crippen LogP contribution is -2.30. The molecule has 1 aliphatic rings. The number of carbonyl (C=O) groups is 1. The van der Waals surface area contributed by atoms with E-state index >= 15 is 0 Å². The third-order valence-corrected chi connectivity index (χ3v) is 5.34. The largest absolute Gasteiger partial charge is 0.493 e. The fraction of sp³-hybridized carbons (Fsp3) is 0.304. The first kappa shape index (κ1) is 19.8. The lowest BCUT2D eigenvalue weighted by atomic mass is 9.97. The Hall–Kier alpha value is -3.48. The summed E-state index contributed by atoms with van der Waals surface area (Å²) in [5.41, 5.74) is 1.21. The van der Waals surface area contributed by atoms with Gasteiger partial charge in [-0.05, 0) is 36.2 Å². The Kier molecular flexibility index (Phi) is 5.11. The topological polar surface area (TPSA) is 78.2 Å². The SMILES string of the molecule is CCCN1C(=O)c2oc3ccccc3c(=O)c2C1c1cc(OC)c(OC)c(OC)c1. The van der Waals surface area contributed by atoms with Crippen molar-refractivity contribution in [2.24, 2.45) is 0 Å². The number of hydrogen-bond donors (Lipinski definition) is 0. The van der Waals surface area contributed by atoms with E-state index < -0.39 is 6.04 Å². The first-order valence-corrected chi connectivity index (χ1v) is 9.72. The van der Waals surface area contributed by atoms with Gasteiger partial charge in [0.15, 0.2) is 16.9 Å². The summed E-state index contributed by atoms with van der Waals surface area (Å²) in [7, 11) is 4.58. The van der Waals surface area contributed by atoms with Crippen LogP contribution in [0, 0.1) is 0 Å². The van der Waals surface area contributed by atoms with Crippen molar-refractivity contribution in [2.75, 3.05) is 27.9 Å². The number of methoxy groups -OCH3 is 3. The number of hydrogen-bond acceptors (Lipinski definition) is 6. The average molecular weight is 409 g/mol. The normalized spacial score (nSPS) is 15.4. The first-order valence-electron chi connectivity index (χ1n) is 9.72. The van der Waals surface area contributed by atoms with Crippen molar-refractivity contribution in [3.05, 3.63) is 63.5 Å². The number of carbonyl (C=O) groups excluding carboxylic acids is 1. The van der Waals surface area contributed by atoms with Gasteiger partial charge in [-0.1, -0.05) is 19.1 Å². The Balaban J connectivity index is 2.01. The molecule has 7 nitrogen and oxygen atoms in total. The highest BCUT2D eigenvalue weighted by molar-refractivity contribution is 5.99. The molecule has 30 heavy (non-hydrogen) atoms. The van der Waals surface area contributed by atoms with E-state index in [0.29, 0.717) is 45.9 Å². The van der Waals surface area contributed by atoms with Gasteiger partial charge >= 0.3 is 0 Å². The van der Waals surface area contributed by atoms with Crippen LogP contribution in [0.25, 0.3) is 11.0 Å². The minimum atomic E-state index is -0.609. The summed E-state index contributed by atoms with van der Waals surface area (Å²) in [6.45, 7) is 2.45. The zero-order valence-corrected chi connectivity index (χ0v) is 17.4. The molecule has 0 saturated heterocycles. The second-order valence-corrected chi connectivity index (χ2v) is 7.03. The van der Waals surface area contributed by atoms with Crippen LogP contribution in [0.1, 0.15) is 41.1 Å². The Morgan fingerprint density at radius 2 is 1.67 bits per heavy atom. The average Bonchev–Trinajstić information content (AvgIpc) is 3.05. The standard InChI is InChI=1S/C23H23NO6/c1-5-10-24-19(13-11-16(27-2)21(29-4)17(12-13)28-3)18-20(25)14-8-6-7-9-15(14)30-22(18)23(24)26/h6-9,11-12,19H,5,10H2,1-4H3. The number of amides is 1. The molecule has 0 fully saturated rings. The summed E-state index contributed by atoms with van der Waals surface area (Å²) in [6.07, 6.45) is 0.731. The van der Waals surface area contributed by atoms with Gasteiger partial charge in [0.1, 0.15) is 5.58 Å². The summed E-state index contributed by atoms with van der Waals surface area (Å²) >= 11 is 0. The lowest BCUT2D eigenvalue weighted by molar-refractivity contribution is 0.0727. The van der Waals surface area contributed by atoms with Crippen LogP contribution < -0.4 is 19.6 Å². The van der Waals surface area contributed by atoms with Crippen molar-refractivity contribution in [1.29, 1.82) is 0 Å². The highest BCUT2D eigenvalue weighted by Crippen LogP contribution is 2.44. The maximum atomic E-state index is 13.4. The molecular formula is C23H23NO6. The molecule has 1 aliphatic heterocycles. The third kappa shape index (κ3) is 2.89. The molecule has 0 radical (unpaired) electrons. The van der Waals surface area contributed by atoms with Gasteiger partial charge in [-0.2, -0.15) is 0 Å². The molecule has 1 aromatic heterocycles. The molecule has 7 heteroatoms. The van der Waals surface area contributed by atoms with Crippen LogP contribution in [0.4, 0.5) is 0 Å². The summed E-state index contributed by atoms with van der Waals surface area (Å²) in [5.74, 6) is 1.14. The minimum Gasteiger partial charge on any atom is -0.493 e. The summed E-state index contributed by atoms with van der Waals surface area (Å²) in [6, 6.07) is 9.89. The van der Waals surface area contributed by atoms with Crippen molar-refractivity contribution in [2.45, 2.75) is 19.4 Å². The number of rotatable bonds is 6. The fourth-order valence-corrected chi connectivity index (χ4v) is 4.04. The van der Waals surface area contributed by atoms with Crippen LogP contribution in [0.15, 0.2) is 45.6 Å². The van der Waals surface area contributed by atoms with Crippen molar-refractivity contribution in [1.82, 2.24) is 4.90 Å². The van der Waals surface area contributed by atoms with Crippen LogP contribution in [-0.4, -0.2) is 38.7 Å². The zero-order valence-electron chi connectivity index (χ0n) is 17.4. The number of ether oxygens (including phenoxy) is 3. The Bertz CT molecular complexity index is 1160. The molecule has 1 amide bonds. The minimum absolute atomic E-state index is 0.0888. The van der Waals surface area contributed by atoms with Crippen molar-refractivity contribution < 1.29 is 23.4 Å². The van der Waals surface area contributed by atoms with Crippen molar-refractivity contribution in [3.8, 4) is 17.2 Å². The number of nitrogens with zero attached hydrogens (tertiary/aromatic N) is 1. The van der Waals surface area contributed by atoms with Crippen LogP contribution in [-0.2, 0) is 0 Å². The van der Waals surface area contributed by atoms with Gasteiger partial charge in [-0.3, -0.25) is 9.59 Å². The van der Waals surface area contributed by atoms with E-state index in [0.717, 1.165) is 6.42 Å². The van der Waals surface area contributed by atoms with Gasteiger partial charge in [0.25, 0.3) is 5.91 Å². The fourth-order valence-electron chi connectivity index (χ4n) is 4.04. The highest BCUT2D eigenvalue weighted by atomic mass is 16.5. The molecular weight excluding hydrogens is 386 g/mol. The Morgan fingerprint density at radius 1 is 1.00 bits per heavy atom. The van der Waals surface area contributed by atoms with E-state index in [9.17, 15) is 9.59 Å². The first-order chi connectivity index (χ1) is 14.5. The van der Waals surface area contributed by atoms with E-state index in [4.69, 9.17) is 18.6 Å². The molecule has 2 aromatic carbocycles. The van der Waals surface area contributed by atoms with Crippen LogP contribution in [0.3, 0.4) is 0 Å². The van der Waals surface area contributed by atoms with Gasteiger partial charge in [0, 0.05) is 6.54 Å². The smallest absolute Gasteiger partial charge is 0.290 e. The summed E-state index contributed by atoms with van der Waals surface area (Å²) < 4.78 is 22.3. The third-order valence-electron chi connectivity index (χ3n) is 5.34. The molecule has 1 atom stereocenters. The lowest BCUT2D eigenvalue weighted by Gasteiger charge is -2.26. The molecule has 0 bridgehead atoms. The maximum absolute atomic E-state index is 13.4. The predicted molar refractivity (Wildman–Crippen MR) is 112 cm³/mol. The zero-order chi connectivity index (χ0) is 21.4. The molecule has 2 heterocycles. The molecule has 1 unspecified atom stereocenters. The van der Waals surface area contributed by atoms with Gasteiger partial charge < -0.3 is 23.5 Å². The van der Waals surface area contributed by atoms with E-state index in [2.05, 4.69) is 0 Å². The number of benzene rings is 2. The molecule has 0 aliphatic carbocycles. The quantitative estimate of drug-likeness (QED) is 0.617.